The molecule has 0 unspecified atom stereocenters. The molecule has 1 rings (SSSR count). The molecule has 73 valence electrons. The third-order valence-electron chi connectivity index (χ3n) is 1.33. The molecule has 0 aromatic heterocycles. The molecule has 0 saturated heterocycles. The van der Waals surface area contributed by atoms with Gasteiger partial charge < -0.3 is 37.2 Å². The van der Waals surface area contributed by atoms with Crippen LogP contribution in [0.1, 0.15) is 25.7 Å². The standard InChI is InChI=1S/C8H12.3ClH.Ru/c1-2-4-6-8-7-5-3-1;;;;/h1-2,7-8H,3-6H2;3*1H;/q;;;;+3/p-3/b2-1-,8-7-;;;;. The van der Waals surface area contributed by atoms with Gasteiger partial charge in [-0.15, -0.1) is 0 Å². The Balaban J connectivity index is -0.0000000800. The van der Waals surface area contributed by atoms with Gasteiger partial charge in [-0.3, -0.25) is 0 Å². The van der Waals surface area contributed by atoms with E-state index in [9.17, 15) is 0 Å². The van der Waals surface area contributed by atoms with Crippen LogP contribution in [0.5, 0.6) is 0 Å². The van der Waals surface area contributed by atoms with E-state index in [0.717, 1.165) is 0 Å². The van der Waals surface area contributed by atoms with Gasteiger partial charge in [-0.05, 0) is 25.7 Å². The third kappa shape index (κ3) is 13.6. The van der Waals surface area contributed by atoms with Gasteiger partial charge in [0.2, 0.25) is 0 Å². The first-order valence-electron chi connectivity index (χ1n) is 3.30. The fourth-order valence-corrected chi connectivity index (χ4v) is 0.856. The van der Waals surface area contributed by atoms with Crippen molar-refractivity contribution in [2.75, 3.05) is 0 Å². The molecule has 0 spiro atoms. The molecular formula is C8H12Cl3Ru. The fourth-order valence-electron chi connectivity index (χ4n) is 0.856. The normalized spacial score (nSPS) is 18.7. The van der Waals surface area contributed by atoms with Crippen LogP contribution in [0.15, 0.2) is 24.3 Å². The van der Waals surface area contributed by atoms with Gasteiger partial charge >= 0.3 is 19.5 Å². The summed E-state index contributed by atoms with van der Waals surface area (Å²) in [6.45, 7) is 0. The van der Waals surface area contributed by atoms with Gasteiger partial charge in [0, 0.05) is 0 Å². The van der Waals surface area contributed by atoms with Gasteiger partial charge in [0.1, 0.15) is 0 Å². The molecule has 0 amide bonds. The second-order valence-corrected chi connectivity index (χ2v) is 2.10. The Labute approximate surface area is 106 Å². The molecule has 0 heterocycles. The number of halogens is 3. The first-order valence-corrected chi connectivity index (χ1v) is 3.30. The van der Waals surface area contributed by atoms with Crippen molar-refractivity contribution in [1.29, 1.82) is 0 Å². The van der Waals surface area contributed by atoms with Crippen molar-refractivity contribution in [1.82, 2.24) is 0 Å². The largest absolute Gasteiger partial charge is 3.00 e. The molecule has 0 fully saturated rings. The quantitative estimate of drug-likeness (QED) is 0.308. The maximum atomic E-state index is 2.27. The Morgan fingerprint density at radius 3 is 0.833 bits per heavy atom. The van der Waals surface area contributed by atoms with Gasteiger partial charge in [0.25, 0.3) is 0 Å². The van der Waals surface area contributed by atoms with Gasteiger partial charge in [0.05, 0.1) is 0 Å². The van der Waals surface area contributed by atoms with Gasteiger partial charge in [-0.2, -0.15) is 0 Å². The third-order valence-corrected chi connectivity index (χ3v) is 1.33. The first kappa shape index (κ1) is 23.1. The van der Waals surface area contributed by atoms with Crippen LogP contribution in [0, 0.1) is 0 Å². The molecule has 0 saturated carbocycles. The summed E-state index contributed by atoms with van der Waals surface area (Å²) < 4.78 is 0. The number of allylic oxidation sites excluding steroid dienone is 4. The van der Waals surface area contributed by atoms with Crippen molar-refractivity contribution < 1.29 is 56.7 Å². The smallest absolute Gasteiger partial charge is 1.00 e. The van der Waals surface area contributed by atoms with E-state index in [1.165, 1.54) is 25.7 Å². The minimum Gasteiger partial charge on any atom is -1.00 e. The molecule has 1 radical (unpaired) electrons. The van der Waals surface area contributed by atoms with E-state index in [0.29, 0.717) is 0 Å². The SMILES string of the molecule is C1=C\CC/C=C\CC/1.[Cl-].[Cl-].[Cl-].[Ru+3]. The van der Waals surface area contributed by atoms with Gasteiger partial charge in [-0.1, -0.05) is 24.3 Å². The van der Waals surface area contributed by atoms with Crippen LogP contribution in [0.3, 0.4) is 0 Å². The van der Waals surface area contributed by atoms with E-state index in [2.05, 4.69) is 24.3 Å². The molecule has 12 heavy (non-hydrogen) atoms. The molecule has 0 atom stereocenters. The second-order valence-electron chi connectivity index (χ2n) is 2.10. The maximum Gasteiger partial charge on any atom is 3.00 e. The van der Waals surface area contributed by atoms with Crippen molar-refractivity contribution in [2.24, 2.45) is 0 Å². The molecule has 0 aliphatic heterocycles. The minimum absolute atomic E-state index is 0. The average molecular weight is 316 g/mol. The van der Waals surface area contributed by atoms with Crippen LogP contribution in [0.25, 0.3) is 0 Å². The van der Waals surface area contributed by atoms with E-state index < -0.39 is 0 Å². The zero-order chi connectivity index (χ0) is 5.66. The average Bonchev–Trinajstić information content (AvgIpc) is 1.62. The number of hydrogen-bond donors (Lipinski definition) is 0. The summed E-state index contributed by atoms with van der Waals surface area (Å²) in [5.41, 5.74) is 0. The maximum absolute atomic E-state index is 2.27. The molecule has 0 aromatic rings. The van der Waals surface area contributed by atoms with Crippen LogP contribution in [0.2, 0.25) is 0 Å². The van der Waals surface area contributed by atoms with E-state index in [1.54, 1.807) is 0 Å². The summed E-state index contributed by atoms with van der Waals surface area (Å²) in [6.07, 6.45) is 14.0. The summed E-state index contributed by atoms with van der Waals surface area (Å²) in [4.78, 5) is 0. The summed E-state index contributed by atoms with van der Waals surface area (Å²) >= 11 is 0. The van der Waals surface area contributed by atoms with E-state index >= 15 is 0 Å². The Hall–Kier alpha value is 0.973. The van der Waals surface area contributed by atoms with Crippen molar-refractivity contribution >= 4 is 0 Å². The van der Waals surface area contributed by atoms with Crippen LogP contribution in [0.4, 0.5) is 0 Å². The first-order chi connectivity index (χ1) is 4.00. The molecule has 0 nitrogen and oxygen atoms in total. The fraction of sp³-hybridized carbons (Fsp3) is 0.500. The molecular weight excluding hydrogens is 304 g/mol. The van der Waals surface area contributed by atoms with Crippen molar-refractivity contribution in [3.8, 4) is 0 Å². The summed E-state index contributed by atoms with van der Waals surface area (Å²) in [7, 11) is 0. The Morgan fingerprint density at radius 1 is 0.500 bits per heavy atom. The van der Waals surface area contributed by atoms with Crippen LogP contribution >= 0.6 is 0 Å². The van der Waals surface area contributed by atoms with Crippen molar-refractivity contribution in [3.05, 3.63) is 24.3 Å². The minimum atomic E-state index is 0. The zero-order valence-electron chi connectivity index (χ0n) is 6.63. The Bertz CT molecular complexity index is 86.9. The van der Waals surface area contributed by atoms with E-state index in [4.69, 9.17) is 0 Å². The molecule has 0 aromatic carbocycles. The predicted molar refractivity (Wildman–Crippen MR) is 36.7 cm³/mol. The summed E-state index contributed by atoms with van der Waals surface area (Å²) in [5, 5.41) is 0. The van der Waals surface area contributed by atoms with Gasteiger partial charge in [-0.25, -0.2) is 0 Å². The van der Waals surface area contributed by atoms with Crippen molar-refractivity contribution in [3.63, 3.8) is 0 Å². The molecule has 0 bridgehead atoms. The second kappa shape index (κ2) is 17.9. The number of hydrogen-bond acceptors (Lipinski definition) is 0. The molecule has 1 aliphatic rings. The van der Waals surface area contributed by atoms with E-state index in [1.807, 2.05) is 0 Å². The molecule has 4 heteroatoms. The topological polar surface area (TPSA) is 0 Å². The molecule has 1 aliphatic carbocycles. The zero-order valence-corrected chi connectivity index (χ0v) is 10.6. The van der Waals surface area contributed by atoms with Crippen LogP contribution in [-0.2, 0) is 19.5 Å². The predicted octanol–water partition coefficient (Wildman–Crippen LogP) is -6.32. The summed E-state index contributed by atoms with van der Waals surface area (Å²) in [6, 6.07) is 0. The monoisotopic (exact) mass is 315 g/mol. The summed E-state index contributed by atoms with van der Waals surface area (Å²) in [5.74, 6) is 0. The Kier molecular flexibility index (Phi) is 34.5. The Morgan fingerprint density at radius 2 is 0.667 bits per heavy atom. The van der Waals surface area contributed by atoms with Crippen LogP contribution < -0.4 is 37.2 Å². The molecule has 0 N–H and O–H groups in total. The van der Waals surface area contributed by atoms with Gasteiger partial charge in [0.15, 0.2) is 0 Å². The number of rotatable bonds is 0. The van der Waals surface area contributed by atoms with Crippen molar-refractivity contribution in [2.45, 2.75) is 25.7 Å². The van der Waals surface area contributed by atoms with Crippen LogP contribution in [-0.4, -0.2) is 0 Å². The van der Waals surface area contributed by atoms with E-state index in [-0.39, 0.29) is 56.7 Å².